The number of nitrogens with one attached hydrogen (secondary N) is 1. The average molecular weight is 292 g/mol. The topological polar surface area (TPSA) is 72.2 Å². The van der Waals surface area contributed by atoms with Crippen LogP contribution in [0, 0.1) is 15.9 Å². The van der Waals surface area contributed by atoms with Gasteiger partial charge in [-0.3, -0.25) is 14.9 Å². The van der Waals surface area contributed by atoms with Crippen molar-refractivity contribution in [1.29, 1.82) is 0 Å². The number of alkyl halides is 3. The first-order valence-electron chi connectivity index (χ1n) is 5.49. The van der Waals surface area contributed by atoms with Gasteiger partial charge in [0.25, 0.3) is 5.91 Å². The van der Waals surface area contributed by atoms with Gasteiger partial charge >= 0.3 is 11.9 Å². The summed E-state index contributed by atoms with van der Waals surface area (Å²) in [6.07, 6.45) is -5.08. The van der Waals surface area contributed by atoms with Crippen molar-refractivity contribution in [2.45, 2.75) is 24.6 Å². The van der Waals surface area contributed by atoms with Crippen LogP contribution in [0.3, 0.4) is 0 Å². The first kappa shape index (κ1) is 14.2. The third kappa shape index (κ3) is 2.43. The number of nitro groups is 1. The van der Waals surface area contributed by atoms with Gasteiger partial charge in [0.05, 0.1) is 4.92 Å². The van der Waals surface area contributed by atoms with Crippen LogP contribution in [0.5, 0.6) is 0 Å². The van der Waals surface area contributed by atoms with Crippen LogP contribution in [0.1, 0.15) is 23.2 Å². The molecule has 5 nitrogen and oxygen atoms in total. The minimum atomic E-state index is -4.59. The fourth-order valence-corrected chi connectivity index (χ4v) is 1.69. The van der Waals surface area contributed by atoms with E-state index in [1.807, 2.05) is 0 Å². The summed E-state index contributed by atoms with van der Waals surface area (Å²) in [6.45, 7) is 0. The zero-order chi connectivity index (χ0) is 15.1. The lowest BCUT2D eigenvalue weighted by molar-refractivity contribution is -0.387. The number of hydrogen-bond donors (Lipinski definition) is 1. The van der Waals surface area contributed by atoms with E-state index >= 15 is 0 Å². The molecule has 0 aliphatic heterocycles. The van der Waals surface area contributed by atoms with Crippen molar-refractivity contribution < 1.29 is 27.3 Å². The van der Waals surface area contributed by atoms with Gasteiger partial charge in [0.15, 0.2) is 0 Å². The first-order chi connectivity index (χ1) is 9.16. The molecule has 0 unspecified atom stereocenters. The molecule has 2 rings (SSSR count). The number of carbonyl (C=O) groups is 1. The monoisotopic (exact) mass is 292 g/mol. The SMILES string of the molecule is O=C(NC1(C(F)(F)F)CC1)c1ccc(F)c([N+](=O)[O-])c1. The van der Waals surface area contributed by atoms with E-state index in [0.717, 1.165) is 6.07 Å². The Balaban J connectivity index is 2.23. The van der Waals surface area contributed by atoms with Gasteiger partial charge in [0.2, 0.25) is 5.82 Å². The third-order valence-electron chi connectivity index (χ3n) is 3.05. The molecule has 0 radical (unpaired) electrons. The second kappa shape index (κ2) is 4.43. The standard InChI is InChI=1S/C11H8F4N2O3/c12-7-2-1-6(5-8(7)17(19)20)9(18)16-10(3-4-10)11(13,14)15/h1-2,5H,3-4H2,(H,16,18). The molecule has 1 aromatic rings. The van der Waals surface area contributed by atoms with E-state index < -0.39 is 39.6 Å². The number of nitro benzene ring substituents is 1. The van der Waals surface area contributed by atoms with E-state index in [2.05, 4.69) is 0 Å². The molecule has 0 heterocycles. The average Bonchev–Trinajstić information content (AvgIpc) is 3.09. The molecule has 0 bridgehead atoms. The fraction of sp³-hybridized carbons (Fsp3) is 0.364. The van der Waals surface area contributed by atoms with Crippen LogP contribution in [0.25, 0.3) is 0 Å². The molecule has 1 amide bonds. The van der Waals surface area contributed by atoms with E-state index in [1.54, 1.807) is 5.32 Å². The van der Waals surface area contributed by atoms with E-state index in [1.165, 1.54) is 0 Å². The molecule has 1 N–H and O–H groups in total. The lowest BCUT2D eigenvalue weighted by atomic mass is 10.1. The number of benzene rings is 1. The molecule has 0 aromatic heterocycles. The summed E-state index contributed by atoms with van der Waals surface area (Å²) in [6, 6.07) is 2.17. The predicted octanol–water partition coefficient (Wildman–Crippen LogP) is 2.56. The Kier molecular flexibility index (Phi) is 3.15. The van der Waals surface area contributed by atoms with E-state index in [0.29, 0.717) is 12.1 Å². The molecule has 9 heteroatoms. The van der Waals surface area contributed by atoms with Crippen LogP contribution in [-0.2, 0) is 0 Å². The Hall–Kier alpha value is -2.19. The molecular formula is C11H8F4N2O3. The fourth-order valence-electron chi connectivity index (χ4n) is 1.69. The van der Waals surface area contributed by atoms with Gasteiger partial charge in [-0.05, 0) is 25.0 Å². The van der Waals surface area contributed by atoms with Gasteiger partial charge in [-0.15, -0.1) is 0 Å². The van der Waals surface area contributed by atoms with Gasteiger partial charge in [-0.1, -0.05) is 0 Å². The highest BCUT2D eigenvalue weighted by atomic mass is 19.4. The maximum atomic E-state index is 13.1. The lowest BCUT2D eigenvalue weighted by Crippen LogP contribution is -2.47. The smallest absolute Gasteiger partial charge is 0.338 e. The highest BCUT2D eigenvalue weighted by Crippen LogP contribution is 2.49. The van der Waals surface area contributed by atoms with Gasteiger partial charge in [0, 0.05) is 11.6 Å². The summed E-state index contributed by atoms with van der Waals surface area (Å²) in [7, 11) is 0. The summed E-state index contributed by atoms with van der Waals surface area (Å²) >= 11 is 0. The Morgan fingerprint density at radius 2 is 1.95 bits per heavy atom. The Bertz CT molecular complexity index is 582. The van der Waals surface area contributed by atoms with Crippen molar-refractivity contribution in [1.82, 2.24) is 5.32 Å². The van der Waals surface area contributed by atoms with Crippen molar-refractivity contribution in [3.63, 3.8) is 0 Å². The normalized spacial score (nSPS) is 16.6. The lowest BCUT2D eigenvalue weighted by Gasteiger charge is -2.20. The molecule has 108 valence electrons. The van der Waals surface area contributed by atoms with Crippen molar-refractivity contribution in [3.8, 4) is 0 Å². The number of rotatable bonds is 3. The summed E-state index contributed by atoms with van der Waals surface area (Å²) in [5.41, 5.74) is -3.63. The Morgan fingerprint density at radius 1 is 1.35 bits per heavy atom. The van der Waals surface area contributed by atoms with Crippen molar-refractivity contribution in [3.05, 3.63) is 39.7 Å². The van der Waals surface area contributed by atoms with Gasteiger partial charge < -0.3 is 5.32 Å². The van der Waals surface area contributed by atoms with Crippen LogP contribution >= 0.6 is 0 Å². The first-order valence-corrected chi connectivity index (χ1v) is 5.49. The van der Waals surface area contributed by atoms with Gasteiger partial charge in [-0.2, -0.15) is 17.6 Å². The molecule has 0 saturated heterocycles. The Labute approximate surface area is 109 Å². The van der Waals surface area contributed by atoms with Crippen LogP contribution in [0.15, 0.2) is 18.2 Å². The maximum absolute atomic E-state index is 13.1. The van der Waals surface area contributed by atoms with Crippen LogP contribution in [0.2, 0.25) is 0 Å². The maximum Gasteiger partial charge on any atom is 0.411 e. The highest BCUT2D eigenvalue weighted by molar-refractivity contribution is 5.95. The van der Waals surface area contributed by atoms with Crippen molar-refractivity contribution in [2.75, 3.05) is 0 Å². The molecule has 1 aliphatic rings. The summed E-state index contributed by atoms with van der Waals surface area (Å²) in [5, 5.41) is 12.3. The number of amides is 1. The van der Waals surface area contributed by atoms with Crippen LogP contribution in [0.4, 0.5) is 23.2 Å². The molecule has 1 fully saturated rings. The van der Waals surface area contributed by atoms with Crippen molar-refractivity contribution in [2.24, 2.45) is 0 Å². The minimum absolute atomic E-state index is 0.245. The van der Waals surface area contributed by atoms with Crippen molar-refractivity contribution >= 4 is 11.6 Å². The quantitative estimate of drug-likeness (QED) is 0.528. The van der Waals surface area contributed by atoms with E-state index in [4.69, 9.17) is 0 Å². The number of halogens is 4. The second-order valence-electron chi connectivity index (χ2n) is 4.46. The molecule has 20 heavy (non-hydrogen) atoms. The number of nitrogens with zero attached hydrogens (tertiary/aromatic N) is 1. The van der Waals surface area contributed by atoms with Crippen LogP contribution in [-0.4, -0.2) is 22.5 Å². The molecule has 0 spiro atoms. The zero-order valence-electron chi connectivity index (χ0n) is 9.83. The number of hydrogen-bond acceptors (Lipinski definition) is 3. The molecule has 0 atom stereocenters. The summed E-state index contributed by atoms with van der Waals surface area (Å²) < 4.78 is 51.1. The van der Waals surface area contributed by atoms with E-state index in [9.17, 15) is 32.5 Å². The minimum Gasteiger partial charge on any atom is -0.338 e. The van der Waals surface area contributed by atoms with Gasteiger partial charge in [0.1, 0.15) is 5.54 Å². The Morgan fingerprint density at radius 3 is 2.40 bits per heavy atom. The molecule has 1 saturated carbocycles. The highest BCUT2D eigenvalue weighted by Gasteiger charge is 2.64. The zero-order valence-corrected chi connectivity index (χ0v) is 9.83. The number of carbonyl (C=O) groups excluding carboxylic acids is 1. The molecular weight excluding hydrogens is 284 g/mol. The second-order valence-corrected chi connectivity index (χ2v) is 4.46. The third-order valence-corrected chi connectivity index (χ3v) is 3.05. The predicted molar refractivity (Wildman–Crippen MR) is 58.5 cm³/mol. The molecule has 1 aromatic carbocycles. The molecule has 1 aliphatic carbocycles. The van der Waals surface area contributed by atoms with Gasteiger partial charge in [-0.25, -0.2) is 0 Å². The van der Waals surface area contributed by atoms with E-state index in [-0.39, 0.29) is 12.8 Å². The summed E-state index contributed by atoms with van der Waals surface area (Å²) in [4.78, 5) is 21.1. The summed E-state index contributed by atoms with van der Waals surface area (Å²) in [5.74, 6) is -2.29. The van der Waals surface area contributed by atoms with Crippen LogP contribution < -0.4 is 5.32 Å². The largest absolute Gasteiger partial charge is 0.411 e.